The zero-order valence-electron chi connectivity index (χ0n) is 12.8. The van der Waals surface area contributed by atoms with Gasteiger partial charge in [-0.05, 0) is 68.3 Å². The standard InChI is InChI=1S/C17H27N3/c1-11(2)16-6-15(10-18)19-20(16)17-7-12-3-13(8-17)5-14(4-12)9-17/h6,11-14H,3-5,7-10,18H2,1-2H3. The Hall–Kier alpha value is -0.830. The third-order valence-corrected chi connectivity index (χ3v) is 6.04. The minimum atomic E-state index is 0.335. The highest BCUT2D eigenvalue weighted by Gasteiger charge is 2.53. The third kappa shape index (κ3) is 1.78. The van der Waals surface area contributed by atoms with Gasteiger partial charge in [-0.3, -0.25) is 4.68 Å². The molecule has 1 heterocycles. The van der Waals surface area contributed by atoms with Gasteiger partial charge in [-0.15, -0.1) is 0 Å². The average Bonchev–Trinajstić information content (AvgIpc) is 2.82. The Balaban J connectivity index is 1.78. The number of rotatable bonds is 3. The van der Waals surface area contributed by atoms with Gasteiger partial charge in [-0.1, -0.05) is 13.8 Å². The molecule has 0 saturated heterocycles. The van der Waals surface area contributed by atoms with Crippen molar-refractivity contribution in [2.45, 2.75) is 70.4 Å². The molecule has 4 aliphatic rings. The predicted octanol–water partition coefficient (Wildman–Crippen LogP) is 3.39. The van der Waals surface area contributed by atoms with Gasteiger partial charge in [-0.25, -0.2) is 0 Å². The van der Waals surface area contributed by atoms with Gasteiger partial charge in [0.1, 0.15) is 0 Å². The smallest absolute Gasteiger partial charge is 0.0763 e. The summed E-state index contributed by atoms with van der Waals surface area (Å²) < 4.78 is 2.43. The number of nitrogens with two attached hydrogens (primary N) is 1. The van der Waals surface area contributed by atoms with Crippen LogP contribution in [0.5, 0.6) is 0 Å². The molecule has 0 spiro atoms. The second-order valence-electron chi connectivity index (χ2n) is 7.97. The quantitative estimate of drug-likeness (QED) is 0.917. The first kappa shape index (κ1) is 12.9. The number of nitrogens with zero attached hydrogens (tertiary/aromatic N) is 2. The molecule has 4 saturated carbocycles. The van der Waals surface area contributed by atoms with E-state index in [-0.39, 0.29) is 0 Å². The van der Waals surface area contributed by atoms with Gasteiger partial charge in [-0.2, -0.15) is 5.10 Å². The van der Waals surface area contributed by atoms with Crippen LogP contribution in [0.25, 0.3) is 0 Å². The van der Waals surface area contributed by atoms with Crippen molar-refractivity contribution in [1.29, 1.82) is 0 Å². The van der Waals surface area contributed by atoms with Crippen LogP contribution in [0.2, 0.25) is 0 Å². The molecule has 0 atom stereocenters. The van der Waals surface area contributed by atoms with Crippen molar-refractivity contribution < 1.29 is 0 Å². The SMILES string of the molecule is CC(C)c1cc(CN)nn1C12CC3CC(CC(C3)C1)C2. The van der Waals surface area contributed by atoms with Crippen molar-refractivity contribution in [3.8, 4) is 0 Å². The van der Waals surface area contributed by atoms with Crippen LogP contribution in [0.15, 0.2) is 6.07 Å². The average molecular weight is 273 g/mol. The molecule has 0 aromatic carbocycles. The first-order valence-electron chi connectivity index (χ1n) is 8.39. The molecule has 4 aliphatic carbocycles. The Morgan fingerprint density at radius 2 is 1.75 bits per heavy atom. The zero-order chi connectivity index (χ0) is 13.9. The van der Waals surface area contributed by atoms with Crippen molar-refractivity contribution in [2.75, 3.05) is 0 Å². The van der Waals surface area contributed by atoms with Crippen molar-refractivity contribution in [1.82, 2.24) is 9.78 Å². The summed E-state index contributed by atoms with van der Waals surface area (Å²) in [5.74, 6) is 3.43. The van der Waals surface area contributed by atoms with Crippen molar-refractivity contribution in [2.24, 2.45) is 23.5 Å². The van der Waals surface area contributed by atoms with E-state index in [2.05, 4.69) is 24.6 Å². The minimum absolute atomic E-state index is 0.335. The Kier molecular flexibility index (Phi) is 2.79. The van der Waals surface area contributed by atoms with Gasteiger partial charge < -0.3 is 5.73 Å². The lowest BCUT2D eigenvalue weighted by atomic mass is 9.53. The summed E-state index contributed by atoms with van der Waals surface area (Å²) in [4.78, 5) is 0. The van der Waals surface area contributed by atoms with Crippen LogP contribution in [0, 0.1) is 17.8 Å². The molecule has 4 bridgehead atoms. The van der Waals surface area contributed by atoms with Crippen molar-refractivity contribution >= 4 is 0 Å². The van der Waals surface area contributed by atoms with E-state index in [9.17, 15) is 0 Å². The summed E-state index contributed by atoms with van der Waals surface area (Å²) in [5, 5.41) is 4.93. The van der Waals surface area contributed by atoms with E-state index in [0.717, 1.165) is 23.4 Å². The fourth-order valence-electron chi connectivity index (χ4n) is 5.66. The Morgan fingerprint density at radius 3 is 2.20 bits per heavy atom. The molecule has 110 valence electrons. The van der Waals surface area contributed by atoms with E-state index in [1.54, 1.807) is 0 Å². The Labute approximate surface area is 121 Å². The monoisotopic (exact) mass is 273 g/mol. The lowest BCUT2D eigenvalue weighted by Gasteiger charge is -2.57. The highest BCUT2D eigenvalue weighted by Crippen LogP contribution is 2.59. The topological polar surface area (TPSA) is 43.8 Å². The van der Waals surface area contributed by atoms with E-state index >= 15 is 0 Å². The highest BCUT2D eigenvalue weighted by molar-refractivity contribution is 5.18. The van der Waals surface area contributed by atoms with E-state index in [1.807, 2.05) is 0 Å². The molecule has 1 aromatic heterocycles. The maximum atomic E-state index is 5.85. The van der Waals surface area contributed by atoms with Crippen LogP contribution in [0.1, 0.15) is 69.7 Å². The second-order valence-corrected chi connectivity index (χ2v) is 7.97. The molecule has 0 radical (unpaired) electrons. The molecular formula is C17H27N3. The molecule has 3 heteroatoms. The van der Waals surface area contributed by atoms with E-state index in [1.165, 1.54) is 44.2 Å². The van der Waals surface area contributed by atoms with Gasteiger partial charge in [0, 0.05) is 12.2 Å². The van der Waals surface area contributed by atoms with Crippen LogP contribution in [-0.4, -0.2) is 9.78 Å². The third-order valence-electron chi connectivity index (χ3n) is 6.04. The summed E-state index contributed by atoms with van der Waals surface area (Å²) in [5.41, 5.74) is 8.67. The fraction of sp³-hybridized carbons (Fsp3) is 0.824. The van der Waals surface area contributed by atoms with E-state index in [4.69, 9.17) is 10.8 Å². The molecule has 2 N–H and O–H groups in total. The molecule has 1 aromatic rings. The number of hydrogen-bond acceptors (Lipinski definition) is 2. The number of aromatic nitrogens is 2. The molecular weight excluding hydrogens is 246 g/mol. The molecule has 0 amide bonds. The van der Waals surface area contributed by atoms with E-state index in [0.29, 0.717) is 18.0 Å². The maximum absolute atomic E-state index is 5.85. The van der Waals surface area contributed by atoms with Gasteiger partial charge in [0.05, 0.1) is 11.2 Å². The first-order valence-corrected chi connectivity index (χ1v) is 8.39. The van der Waals surface area contributed by atoms with Gasteiger partial charge in [0.15, 0.2) is 0 Å². The summed E-state index contributed by atoms with van der Waals surface area (Å²) in [6.07, 6.45) is 8.56. The molecule has 0 unspecified atom stereocenters. The van der Waals surface area contributed by atoms with Crippen LogP contribution in [0.4, 0.5) is 0 Å². The lowest BCUT2D eigenvalue weighted by molar-refractivity contribution is -0.0512. The summed E-state index contributed by atoms with van der Waals surface area (Å²) in [6.45, 7) is 5.14. The molecule has 5 rings (SSSR count). The molecule has 3 nitrogen and oxygen atoms in total. The lowest BCUT2D eigenvalue weighted by Crippen LogP contribution is -2.52. The minimum Gasteiger partial charge on any atom is -0.325 e. The zero-order valence-corrected chi connectivity index (χ0v) is 12.8. The van der Waals surface area contributed by atoms with Gasteiger partial charge >= 0.3 is 0 Å². The predicted molar refractivity (Wildman–Crippen MR) is 80.4 cm³/mol. The molecule has 4 fully saturated rings. The largest absolute Gasteiger partial charge is 0.325 e. The fourth-order valence-corrected chi connectivity index (χ4v) is 5.66. The van der Waals surface area contributed by atoms with Crippen LogP contribution < -0.4 is 5.73 Å². The van der Waals surface area contributed by atoms with Crippen LogP contribution in [-0.2, 0) is 12.1 Å². The van der Waals surface area contributed by atoms with Crippen molar-refractivity contribution in [3.05, 3.63) is 17.5 Å². The van der Waals surface area contributed by atoms with Gasteiger partial charge in [0.2, 0.25) is 0 Å². The van der Waals surface area contributed by atoms with Crippen LogP contribution >= 0.6 is 0 Å². The van der Waals surface area contributed by atoms with E-state index < -0.39 is 0 Å². The number of hydrogen-bond donors (Lipinski definition) is 1. The highest BCUT2D eigenvalue weighted by atomic mass is 15.3. The van der Waals surface area contributed by atoms with Gasteiger partial charge in [0.25, 0.3) is 0 Å². The summed E-state index contributed by atoms with van der Waals surface area (Å²) in [6, 6.07) is 2.25. The Bertz CT molecular complexity index is 479. The Morgan fingerprint density at radius 1 is 1.20 bits per heavy atom. The van der Waals surface area contributed by atoms with Crippen molar-refractivity contribution in [3.63, 3.8) is 0 Å². The summed E-state index contributed by atoms with van der Waals surface area (Å²) in [7, 11) is 0. The summed E-state index contributed by atoms with van der Waals surface area (Å²) >= 11 is 0. The second kappa shape index (κ2) is 4.33. The van der Waals surface area contributed by atoms with Crippen LogP contribution in [0.3, 0.4) is 0 Å². The maximum Gasteiger partial charge on any atom is 0.0763 e. The first-order chi connectivity index (χ1) is 9.59. The molecule has 20 heavy (non-hydrogen) atoms. The normalized spacial score (nSPS) is 38.9. The molecule has 0 aliphatic heterocycles.